The Balaban J connectivity index is 2.32. The third kappa shape index (κ3) is 5.09. The molecule has 0 aromatic heterocycles. The molecular formula is C14H25NO5. The van der Waals surface area contributed by atoms with Crippen LogP contribution in [-0.4, -0.2) is 62.9 Å². The number of likely N-dealkylation sites (N-methyl/N-ethyl adjacent to an activating group) is 1. The first-order chi connectivity index (χ1) is 9.45. The molecule has 3 unspecified atom stereocenters. The molecule has 0 aromatic rings. The summed E-state index contributed by atoms with van der Waals surface area (Å²) >= 11 is 0. The maximum Gasteiger partial charge on any atom is 0.310 e. The van der Waals surface area contributed by atoms with Crippen molar-refractivity contribution in [3.05, 3.63) is 0 Å². The van der Waals surface area contributed by atoms with Gasteiger partial charge in [0.15, 0.2) is 0 Å². The van der Waals surface area contributed by atoms with E-state index in [9.17, 15) is 9.59 Å². The van der Waals surface area contributed by atoms with Gasteiger partial charge in [-0.25, -0.2) is 0 Å². The zero-order chi connectivity index (χ0) is 15.1. The van der Waals surface area contributed by atoms with Crippen LogP contribution < -0.4 is 0 Å². The Morgan fingerprint density at radius 3 is 2.65 bits per heavy atom. The Morgan fingerprint density at radius 2 is 2.10 bits per heavy atom. The number of amides is 1. The summed E-state index contributed by atoms with van der Waals surface area (Å²) in [6.45, 7) is 4.98. The minimum atomic E-state index is -0.533. The zero-order valence-electron chi connectivity index (χ0n) is 12.8. The summed E-state index contributed by atoms with van der Waals surface area (Å²) < 4.78 is 15.6. The Kier molecular flexibility index (Phi) is 6.95. The molecule has 1 saturated heterocycles. The molecule has 0 bridgehead atoms. The first-order valence-corrected chi connectivity index (χ1v) is 7.01. The maximum absolute atomic E-state index is 12.1. The number of hydrogen-bond donors (Lipinski definition) is 0. The largest absolute Gasteiger partial charge is 0.469 e. The molecule has 0 saturated carbocycles. The maximum atomic E-state index is 12.1. The molecule has 1 aliphatic heterocycles. The number of carbonyl (C=O) groups excluding carboxylic acids is 2. The smallest absolute Gasteiger partial charge is 0.310 e. The highest BCUT2D eigenvalue weighted by Crippen LogP contribution is 2.13. The van der Waals surface area contributed by atoms with Crippen LogP contribution in [0.15, 0.2) is 0 Å². The van der Waals surface area contributed by atoms with Crippen molar-refractivity contribution in [1.29, 1.82) is 0 Å². The van der Waals surface area contributed by atoms with Crippen molar-refractivity contribution in [2.75, 3.05) is 33.9 Å². The predicted molar refractivity (Wildman–Crippen MR) is 73.2 cm³/mol. The van der Waals surface area contributed by atoms with Crippen molar-refractivity contribution < 1.29 is 23.8 Å². The quantitative estimate of drug-likeness (QED) is 0.649. The molecule has 1 heterocycles. The molecule has 0 spiro atoms. The standard InChI is InChI=1S/C14H25NO5/c1-10(14(17)18-4)8-15(3)13(16)11(2)20-9-12-6-5-7-19-12/h10-12H,5-9H2,1-4H3. The van der Waals surface area contributed by atoms with Gasteiger partial charge in [0, 0.05) is 20.2 Å². The molecule has 0 aliphatic carbocycles. The molecular weight excluding hydrogens is 262 g/mol. The van der Waals surface area contributed by atoms with E-state index in [2.05, 4.69) is 4.74 Å². The Bertz CT molecular complexity index is 328. The molecule has 0 N–H and O–H groups in total. The second-order valence-electron chi connectivity index (χ2n) is 5.25. The van der Waals surface area contributed by atoms with Crippen LogP contribution in [0, 0.1) is 5.92 Å². The predicted octanol–water partition coefficient (Wildman–Crippen LogP) is 0.838. The molecule has 0 aromatic carbocycles. The number of ether oxygens (including phenoxy) is 3. The lowest BCUT2D eigenvalue weighted by Gasteiger charge is -2.24. The summed E-state index contributed by atoms with van der Waals surface area (Å²) in [6.07, 6.45) is 1.60. The van der Waals surface area contributed by atoms with E-state index < -0.39 is 6.10 Å². The molecule has 1 amide bonds. The van der Waals surface area contributed by atoms with Gasteiger partial charge in [0.25, 0.3) is 5.91 Å². The number of esters is 1. The Morgan fingerprint density at radius 1 is 1.40 bits per heavy atom. The van der Waals surface area contributed by atoms with Crippen molar-refractivity contribution in [3.63, 3.8) is 0 Å². The van der Waals surface area contributed by atoms with Gasteiger partial charge in [-0.05, 0) is 19.8 Å². The van der Waals surface area contributed by atoms with Crippen LogP contribution in [0.3, 0.4) is 0 Å². The fraction of sp³-hybridized carbons (Fsp3) is 0.857. The van der Waals surface area contributed by atoms with Gasteiger partial charge in [0.05, 0.1) is 25.7 Å². The van der Waals surface area contributed by atoms with Gasteiger partial charge in [-0.15, -0.1) is 0 Å². The molecule has 6 heteroatoms. The Hall–Kier alpha value is -1.14. The SMILES string of the molecule is COC(=O)C(C)CN(C)C(=O)C(C)OCC1CCCO1. The van der Waals surface area contributed by atoms with E-state index in [1.54, 1.807) is 20.9 Å². The molecule has 0 radical (unpaired) electrons. The van der Waals surface area contributed by atoms with Gasteiger partial charge < -0.3 is 19.1 Å². The van der Waals surface area contributed by atoms with Crippen LogP contribution in [0.1, 0.15) is 26.7 Å². The second kappa shape index (κ2) is 8.21. The highest BCUT2D eigenvalue weighted by Gasteiger charge is 2.24. The second-order valence-corrected chi connectivity index (χ2v) is 5.25. The van der Waals surface area contributed by atoms with Gasteiger partial charge in [-0.3, -0.25) is 9.59 Å². The first kappa shape index (κ1) is 16.9. The lowest BCUT2D eigenvalue weighted by Crippen LogP contribution is -2.41. The van der Waals surface area contributed by atoms with Gasteiger partial charge in [-0.1, -0.05) is 6.92 Å². The molecule has 116 valence electrons. The van der Waals surface area contributed by atoms with Gasteiger partial charge in [0.2, 0.25) is 0 Å². The normalized spacial score (nSPS) is 21.3. The minimum Gasteiger partial charge on any atom is -0.469 e. The van der Waals surface area contributed by atoms with Crippen LogP contribution >= 0.6 is 0 Å². The van der Waals surface area contributed by atoms with E-state index in [1.807, 2.05) is 0 Å². The summed E-state index contributed by atoms with van der Waals surface area (Å²) in [5.41, 5.74) is 0. The lowest BCUT2D eigenvalue weighted by atomic mass is 10.1. The molecule has 6 nitrogen and oxygen atoms in total. The molecule has 1 aliphatic rings. The van der Waals surface area contributed by atoms with Crippen LogP contribution in [0.2, 0.25) is 0 Å². The topological polar surface area (TPSA) is 65.1 Å². The van der Waals surface area contributed by atoms with E-state index in [-0.39, 0.29) is 23.9 Å². The van der Waals surface area contributed by atoms with Crippen molar-refractivity contribution in [1.82, 2.24) is 4.90 Å². The molecule has 20 heavy (non-hydrogen) atoms. The average molecular weight is 287 g/mol. The molecule has 1 fully saturated rings. The van der Waals surface area contributed by atoms with Crippen molar-refractivity contribution >= 4 is 11.9 Å². The minimum absolute atomic E-state index is 0.101. The number of carbonyl (C=O) groups is 2. The van der Waals surface area contributed by atoms with Crippen LogP contribution in [0.5, 0.6) is 0 Å². The third-order valence-electron chi connectivity index (χ3n) is 3.43. The average Bonchev–Trinajstić information content (AvgIpc) is 2.95. The van der Waals surface area contributed by atoms with Crippen molar-refractivity contribution in [2.45, 2.75) is 38.9 Å². The zero-order valence-corrected chi connectivity index (χ0v) is 12.8. The van der Waals surface area contributed by atoms with Gasteiger partial charge in [0.1, 0.15) is 6.10 Å². The monoisotopic (exact) mass is 287 g/mol. The lowest BCUT2D eigenvalue weighted by molar-refractivity contribution is -0.148. The number of hydrogen-bond acceptors (Lipinski definition) is 5. The van der Waals surface area contributed by atoms with Gasteiger partial charge in [-0.2, -0.15) is 0 Å². The van der Waals surface area contributed by atoms with Crippen LogP contribution in [-0.2, 0) is 23.8 Å². The fourth-order valence-corrected chi connectivity index (χ4v) is 2.19. The third-order valence-corrected chi connectivity index (χ3v) is 3.43. The van der Waals surface area contributed by atoms with Crippen molar-refractivity contribution in [3.8, 4) is 0 Å². The summed E-state index contributed by atoms with van der Waals surface area (Å²) in [4.78, 5) is 24.9. The number of rotatable bonds is 7. The van der Waals surface area contributed by atoms with E-state index >= 15 is 0 Å². The van der Waals surface area contributed by atoms with Crippen LogP contribution in [0.25, 0.3) is 0 Å². The summed E-state index contributed by atoms with van der Waals surface area (Å²) in [7, 11) is 3.00. The fourth-order valence-electron chi connectivity index (χ4n) is 2.19. The van der Waals surface area contributed by atoms with Crippen molar-refractivity contribution in [2.24, 2.45) is 5.92 Å². The summed E-state index contributed by atoms with van der Waals surface area (Å²) in [5, 5.41) is 0. The van der Waals surface area contributed by atoms with E-state index in [0.717, 1.165) is 19.4 Å². The van der Waals surface area contributed by atoms with E-state index in [4.69, 9.17) is 9.47 Å². The molecule has 3 atom stereocenters. The van der Waals surface area contributed by atoms with Crippen LogP contribution in [0.4, 0.5) is 0 Å². The first-order valence-electron chi connectivity index (χ1n) is 7.01. The summed E-state index contributed by atoms with van der Waals surface area (Å²) in [5.74, 6) is -0.810. The highest BCUT2D eigenvalue weighted by atomic mass is 16.5. The summed E-state index contributed by atoms with van der Waals surface area (Å²) in [6, 6.07) is 0. The number of nitrogens with zero attached hydrogens (tertiary/aromatic N) is 1. The van der Waals surface area contributed by atoms with E-state index in [1.165, 1.54) is 12.0 Å². The Labute approximate surface area is 120 Å². The molecule has 1 rings (SSSR count). The number of methoxy groups -OCH3 is 1. The van der Waals surface area contributed by atoms with Gasteiger partial charge >= 0.3 is 5.97 Å². The highest BCUT2D eigenvalue weighted by molar-refractivity contribution is 5.81. The van der Waals surface area contributed by atoms with E-state index in [0.29, 0.717) is 13.2 Å².